The van der Waals surface area contributed by atoms with E-state index < -0.39 is 0 Å². The maximum absolute atomic E-state index is 11.8. The minimum atomic E-state index is -0.0454. The highest BCUT2D eigenvalue weighted by Crippen LogP contribution is 2.28. The van der Waals surface area contributed by atoms with Gasteiger partial charge >= 0.3 is 0 Å². The summed E-state index contributed by atoms with van der Waals surface area (Å²) in [6, 6.07) is 5.28. The van der Waals surface area contributed by atoms with E-state index in [0.717, 1.165) is 12.8 Å². The quantitative estimate of drug-likeness (QED) is 0.852. The van der Waals surface area contributed by atoms with Gasteiger partial charge in [0.15, 0.2) is 0 Å². The van der Waals surface area contributed by atoms with Gasteiger partial charge in [0.1, 0.15) is 5.75 Å². The molecule has 1 aliphatic carbocycles. The third kappa shape index (κ3) is 3.40. The number of carbonyl (C=O) groups excluding carboxylic acids is 1. The molecule has 2 rings (SSSR count). The highest BCUT2D eigenvalue weighted by Gasteiger charge is 2.17. The molecule has 0 saturated heterocycles. The highest BCUT2D eigenvalue weighted by molar-refractivity contribution is 5.95. The minimum absolute atomic E-state index is 0.0454. The molecule has 1 aromatic carbocycles. The molecule has 4 heteroatoms. The first kappa shape index (κ1) is 13.7. The van der Waals surface area contributed by atoms with Crippen molar-refractivity contribution in [2.45, 2.75) is 38.2 Å². The second-order valence-corrected chi connectivity index (χ2v) is 5.33. The summed E-state index contributed by atoms with van der Waals surface area (Å²) in [5.41, 5.74) is 7.12. The van der Waals surface area contributed by atoms with Crippen molar-refractivity contribution in [3.05, 3.63) is 23.8 Å². The van der Waals surface area contributed by atoms with Gasteiger partial charge in [-0.05, 0) is 43.9 Å². The van der Waals surface area contributed by atoms with E-state index in [-0.39, 0.29) is 12.0 Å². The van der Waals surface area contributed by atoms with Crippen molar-refractivity contribution >= 4 is 11.6 Å². The van der Waals surface area contributed by atoms with Crippen molar-refractivity contribution in [2.24, 2.45) is 0 Å². The van der Waals surface area contributed by atoms with Crippen LogP contribution in [-0.2, 0) is 0 Å². The molecule has 0 atom stereocenters. The van der Waals surface area contributed by atoms with E-state index in [9.17, 15) is 4.79 Å². The molecule has 104 valence electrons. The predicted octanol–water partition coefficient (Wildman–Crippen LogP) is 2.68. The van der Waals surface area contributed by atoms with Crippen molar-refractivity contribution in [1.82, 2.24) is 4.90 Å². The Morgan fingerprint density at radius 2 is 1.95 bits per heavy atom. The Balaban J connectivity index is 2.08. The van der Waals surface area contributed by atoms with E-state index in [1.165, 1.54) is 24.2 Å². The van der Waals surface area contributed by atoms with Gasteiger partial charge in [-0.1, -0.05) is 6.42 Å². The first-order chi connectivity index (χ1) is 9.08. The maximum Gasteiger partial charge on any atom is 0.253 e. The third-order valence-corrected chi connectivity index (χ3v) is 3.51. The predicted molar refractivity (Wildman–Crippen MR) is 76.4 cm³/mol. The fourth-order valence-electron chi connectivity index (χ4n) is 2.41. The summed E-state index contributed by atoms with van der Waals surface area (Å²) in [5.74, 6) is 0.651. The molecular weight excluding hydrogens is 240 g/mol. The monoisotopic (exact) mass is 262 g/mol. The lowest BCUT2D eigenvalue weighted by Crippen LogP contribution is -2.22. The van der Waals surface area contributed by atoms with E-state index >= 15 is 0 Å². The Labute approximate surface area is 114 Å². The Bertz CT molecular complexity index is 451. The number of rotatable bonds is 3. The average molecular weight is 262 g/mol. The fourth-order valence-corrected chi connectivity index (χ4v) is 2.41. The average Bonchev–Trinajstić information content (AvgIpc) is 2.41. The molecule has 0 unspecified atom stereocenters. The molecule has 1 fully saturated rings. The zero-order chi connectivity index (χ0) is 13.8. The van der Waals surface area contributed by atoms with Crippen LogP contribution in [0.4, 0.5) is 5.69 Å². The van der Waals surface area contributed by atoms with Gasteiger partial charge in [-0.3, -0.25) is 4.79 Å². The van der Waals surface area contributed by atoms with Crippen molar-refractivity contribution in [1.29, 1.82) is 0 Å². The first-order valence-corrected chi connectivity index (χ1v) is 6.86. The summed E-state index contributed by atoms with van der Waals surface area (Å²) < 4.78 is 5.93. The number of hydrogen-bond donors (Lipinski definition) is 1. The van der Waals surface area contributed by atoms with Crippen LogP contribution in [0.5, 0.6) is 5.75 Å². The number of hydrogen-bond acceptors (Lipinski definition) is 3. The summed E-state index contributed by atoms with van der Waals surface area (Å²) in [5, 5.41) is 0. The van der Waals surface area contributed by atoms with Gasteiger partial charge < -0.3 is 15.4 Å². The molecule has 0 aliphatic heterocycles. The molecule has 1 saturated carbocycles. The lowest BCUT2D eigenvalue weighted by atomic mass is 9.98. The lowest BCUT2D eigenvalue weighted by molar-refractivity contribution is 0.0827. The van der Waals surface area contributed by atoms with E-state index in [0.29, 0.717) is 17.0 Å². The largest absolute Gasteiger partial charge is 0.488 e. The van der Waals surface area contributed by atoms with E-state index in [1.807, 2.05) is 0 Å². The van der Waals surface area contributed by atoms with Crippen LogP contribution in [0.25, 0.3) is 0 Å². The number of amides is 1. The summed E-state index contributed by atoms with van der Waals surface area (Å²) >= 11 is 0. The van der Waals surface area contributed by atoms with Crippen LogP contribution in [-0.4, -0.2) is 31.0 Å². The summed E-state index contributed by atoms with van der Waals surface area (Å²) in [6.07, 6.45) is 6.21. The van der Waals surface area contributed by atoms with Crippen LogP contribution in [0.3, 0.4) is 0 Å². The summed E-state index contributed by atoms with van der Waals surface area (Å²) in [6.45, 7) is 0. The zero-order valence-corrected chi connectivity index (χ0v) is 11.7. The van der Waals surface area contributed by atoms with E-state index in [2.05, 4.69) is 0 Å². The molecule has 0 radical (unpaired) electrons. The molecule has 0 heterocycles. The van der Waals surface area contributed by atoms with Crippen molar-refractivity contribution in [3.8, 4) is 5.75 Å². The summed E-state index contributed by atoms with van der Waals surface area (Å²) in [4.78, 5) is 13.4. The molecule has 0 bridgehead atoms. The number of nitrogen functional groups attached to an aromatic ring is 1. The second-order valence-electron chi connectivity index (χ2n) is 5.33. The van der Waals surface area contributed by atoms with Gasteiger partial charge in [-0.15, -0.1) is 0 Å². The Kier molecular flexibility index (Phi) is 4.30. The third-order valence-electron chi connectivity index (χ3n) is 3.51. The van der Waals surface area contributed by atoms with Gasteiger partial charge in [-0.2, -0.15) is 0 Å². The second kappa shape index (κ2) is 5.95. The number of anilines is 1. The fraction of sp³-hybridized carbons (Fsp3) is 0.533. The molecule has 2 N–H and O–H groups in total. The molecule has 1 aromatic rings. The smallest absolute Gasteiger partial charge is 0.253 e. The summed E-state index contributed by atoms with van der Waals surface area (Å²) in [7, 11) is 3.45. The number of benzene rings is 1. The molecule has 19 heavy (non-hydrogen) atoms. The maximum atomic E-state index is 11.8. The SMILES string of the molecule is CN(C)C(=O)c1ccc(OC2CCCCC2)c(N)c1. The van der Waals surface area contributed by atoms with Crippen molar-refractivity contribution < 1.29 is 9.53 Å². The van der Waals surface area contributed by atoms with Gasteiger partial charge in [0.05, 0.1) is 11.8 Å². The Morgan fingerprint density at radius 3 is 2.53 bits per heavy atom. The zero-order valence-electron chi connectivity index (χ0n) is 11.7. The molecule has 4 nitrogen and oxygen atoms in total. The lowest BCUT2D eigenvalue weighted by Gasteiger charge is -2.24. The number of ether oxygens (including phenoxy) is 1. The van der Waals surface area contributed by atoms with Crippen molar-refractivity contribution in [3.63, 3.8) is 0 Å². The number of nitrogens with zero attached hydrogens (tertiary/aromatic N) is 1. The molecule has 0 spiro atoms. The van der Waals surface area contributed by atoms with Crippen LogP contribution in [0.1, 0.15) is 42.5 Å². The highest BCUT2D eigenvalue weighted by atomic mass is 16.5. The molecule has 1 aliphatic rings. The van der Waals surface area contributed by atoms with E-state index in [4.69, 9.17) is 10.5 Å². The van der Waals surface area contributed by atoms with Crippen LogP contribution in [0, 0.1) is 0 Å². The van der Waals surface area contributed by atoms with Gasteiger partial charge in [-0.25, -0.2) is 0 Å². The Morgan fingerprint density at radius 1 is 1.26 bits per heavy atom. The van der Waals surface area contributed by atoms with Gasteiger partial charge in [0.25, 0.3) is 5.91 Å². The van der Waals surface area contributed by atoms with Crippen LogP contribution in [0.15, 0.2) is 18.2 Å². The molecule has 0 aromatic heterocycles. The van der Waals surface area contributed by atoms with Crippen LogP contribution in [0.2, 0.25) is 0 Å². The standard InChI is InChI=1S/C15H22N2O2/c1-17(2)15(18)11-8-9-14(13(16)10-11)19-12-6-4-3-5-7-12/h8-10,12H,3-7,16H2,1-2H3. The number of nitrogens with two attached hydrogens (primary N) is 1. The topological polar surface area (TPSA) is 55.6 Å². The van der Waals surface area contributed by atoms with Gasteiger partial charge in [0, 0.05) is 19.7 Å². The van der Waals surface area contributed by atoms with E-state index in [1.54, 1.807) is 32.3 Å². The minimum Gasteiger partial charge on any atom is -0.488 e. The number of carbonyl (C=O) groups is 1. The van der Waals surface area contributed by atoms with Crippen LogP contribution < -0.4 is 10.5 Å². The Hall–Kier alpha value is -1.71. The van der Waals surface area contributed by atoms with Crippen LogP contribution >= 0.6 is 0 Å². The normalized spacial score (nSPS) is 16.1. The van der Waals surface area contributed by atoms with Crippen molar-refractivity contribution in [2.75, 3.05) is 19.8 Å². The molecule has 1 amide bonds. The van der Waals surface area contributed by atoms with Gasteiger partial charge in [0.2, 0.25) is 0 Å². The first-order valence-electron chi connectivity index (χ1n) is 6.86. The molecular formula is C15H22N2O2.